The minimum Gasteiger partial charge on any atom is -0.445 e. The number of anilines is 2. The Bertz CT molecular complexity index is 903. The second-order valence-electron chi connectivity index (χ2n) is 7.45. The van der Waals surface area contributed by atoms with Crippen LogP contribution in [0, 0.1) is 0 Å². The van der Waals surface area contributed by atoms with E-state index in [1.807, 2.05) is 0 Å². The van der Waals surface area contributed by atoms with Crippen LogP contribution >= 0.6 is 0 Å². The van der Waals surface area contributed by atoms with Crippen LogP contribution in [0.1, 0.15) is 25.7 Å². The maximum absolute atomic E-state index is 11.6. The number of hydrogen-bond acceptors (Lipinski definition) is 8. The lowest BCUT2D eigenvalue weighted by atomic mass is 9.93. The van der Waals surface area contributed by atoms with Crippen LogP contribution in [-0.4, -0.2) is 72.4 Å². The number of rotatable bonds is 5. The molecular weight excluding hydrogens is 386 g/mol. The third-order valence-electron chi connectivity index (χ3n) is 5.42. The maximum atomic E-state index is 11.6. The fourth-order valence-corrected chi connectivity index (χ4v) is 3.90. The lowest BCUT2D eigenvalue weighted by molar-refractivity contribution is 0.122. The van der Waals surface area contributed by atoms with E-state index in [1.165, 1.54) is 0 Å². The molecule has 1 aliphatic heterocycles. The normalized spacial score (nSPS) is 19.6. The fraction of sp³-hybridized carbons (Fsp3) is 0.524. The number of benzene rings is 1. The van der Waals surface area contributed by atoms with E-state index in [1.54, 1.807) is 12.4 Å². The van der Waals surface area contributed by atoms with Crippen LogP contribution in [-0.2, 0) is 9.47 Å². The summed E-state index contributed by atoms with van der Waals surface area (Å²) in [5, 5.41) is 12.4. The van der Waals surface area contributed by atoms with E-state index in [0.717, 1.165) is 80.1 Å². The average molecular weight is 413 g/mol. The molecule has 4 rings (SSSR count). The lowest BCUT2D eigenvalue weighted by Gasteiger charge is -2.30. The molecule has 0 bridgehead atoms. The minimum absolute atomic E-state index is 0.0204. The van der Waals surface area contributed by atoms with E-state index in [0.29, 0.717) is 0 Å². The molecule has 160 valence electrons. The van der Waals surface area contributed by atoms with Crippen molar-refractivity contribution in [3.05, 3.63) is 24.5 Å². The Labute approximate surface area is 175 Å². The molecule has 9 heteroatoms. The van der Waals surface area contributed by atoms with Crippen molar-refractivity contribution in [2.45, 2.75) is 31.7 Å². The van der Waals surface area contributed by atoms with Gasteiger partial charge in [0.05, 0.1) is 31.0 Å². The largest absolute Gasteiger partial charge is 0.445 e. The van der Waals surface area contributed by atoms with Crippen molar-refractivity contribution in [1.29, 1.82) is 0 Å². The summed E-state index contributed by atoms with van der Waals surface area (Å²) in [5.74, 6) is 0. The zero-order valence-electron chi connectivity index (χ0n) is 16.9. The molecule has 0 radical (unpaired) electrons. The summed E-state index contributed by atoms with van der Waals surface area (Å²) in [4.78, 5) is 27.0. The van der Waals surface area contributed by atoms with Crippen LogP contribution in [0.5, 0.6) is 0 Å². The standard InChI is InChI=1S/C21H27N5O4/c27-9-12-30-21(28)25-16-3-1-15(2-4-16)24-19-14-17(26-7-10-29-11-8-26)13-18-20(19)23-6-5-22-18/h5-6,13-15,24,27H,1-4,7-12H2. The number of aliphatic hydroxyl groups excluding tert-OH is 1. The van der Waals surface area contributed by atoms with Crippen molar-refractivity contribution in [3.8, 4) is 0 Å². The monoisotopic (exact) mass is 413 g/mol. The Morgan fingerprint density at radius 2 is 2.00 bits per heavy atom. The molecule has 1 aromatic carbocycles. The number of morpholine rings is 1. The molecule has 1 saturated carbocycles. The molecule has 2 fully saturated rings. The van der Waals surface area contributed by atoms with Crippen molar-refractivity contribution in [2.24, 2.45) is 4.99 Å². The van der Waals surface area contributed by atoms with Crippen molar-refractivity contribution in [2.75, 3.05) is 49.7 Å². The molecule has 0 spiro atoms. The topological polar surface area (TPSA) is 109 Å². The molecule has 1 aliphatic carbocycles. The number of carbonyl (C=O) groups is 1. The molecule has 2 aliphatic rings. The number of carbonyl (C=O) groups excluding carboxylic acids is 1. The number of fused-ring (bicyclic) bond motifs is 1. The Balaban J connectivity index is 1.46. The molecule has 1 saturated heterocycles. The van der Waals surface area contributed by atoms with Gasteiger partial charge in [-0.05, 0) is 37.8 Å². The van der Waals surface area contributed by atoms with E-state index in [9.17, 15) is 4.79 Å². The highest BCUT2D eigenvalue weighted by molar-refractivity contribution is 5.94. The third-order valence-corrected chi connectivity index (χ3v) is 5.42. The summed E-state index contributed by atoms with van der Waals surface area (Å²) in [6.07, 6.45) is 6.02. The van der Waals surface area contributed by atoms with Crippen LogP contribution in [0.25, 0.3) is 11.0 Å². The third kappa shape index (κ3) is 5.03. The number of ether oxygens (including phenoxy) is 2. The second-order valence-corrected chi connectivity index (χ2v) is 7.45. The van der Waals surface area contributed by atoms with Gasteiger partial charge >= 0.3 is 6.09 Å². The van der Waals surface area contributed by atoms with Crippen molar-refractivity contribution >= 4 is 34.2 Å². The van der Waals surface area contributed by atoms with E-state index in [-0.39, 0.29) is 19.3 Å². The fourth-order valence-electron chi connectivity index (χ4n) is 3.90. The van der Waals surface area contributed by atoms with Crippen LogP contribution in [0.4, 0.5) is 16.2 Å². The highest BCUT2D eigenvalue weighted by atomic mass is 16.6. The van der Waals surface area contributed by atoms with Crippen molar-refractivity contribution in [1.82, 2.24) is 9.97 Å². The molecular formula is C21H27N5O4. The van der Waals surface area contributed by atoms with E-state index in [4.69, 9.17) is 14.6 Å². The average Bonchev–Trinajstić information content (AvgIpc) is 2.79. The van der Waals surface area contributed by atoms with Crippen LogP contribution in [0.2, 0.25) is 0 Å². The van der Waals surface area contributed by atoms with Gasteiger partial charge in [-0.15, -0.1) is 0 Å². The Morgan fingerprint density at radius 1 is 1.23 bits per heavy atom. The minimum atomic E-state index is -0.620. The zero-order chi connectivity index (χ0) is 20.8. The van der Waals surface area contributed by atoms with Crippen molar-refractivity contribution in [3.63, 3.8) is 0 Å². The van der Waals surface area contributed by atoms with Gasteiger partial charge in [-0.1, -0.05) is 0 Å². The first kappa shape index (κ1) is 20.5. The van der Waals surface area contributed by atoms with Crippen LogP contribution < -0.4 is 10.2 Å². The van der Waals surface area contributed by atoms with E-state index >= 15 is 0 Å². The van der Waals surface area contributed by atoms with Crippen molar-refractivity contribution < 1.29 is 19.4 Å². The number of hydrogen-bond donors (Lipinski definition) is 2. The molecule has 0 atom stereocenters. The SMILES string of the molecule is O=C(N=C1CCC(Nc2cc(N3CCOCC3)cc3nccnc23)CC1)OCCO. The molecule has 1 aromatic heterocycles. The van der Waals surface area contributed by atoms with Gasteiger partial charge in [-0.2, -0.15) is 4.99 Å². The van der Waals surface area contributed by atoms with Crippen LogP contribution in [0.15, 0.2) is 29.5 Å². The Morgan fingerprint density at radius 3 is 2.77 bits per heavy atom. The maximum Gasteiger partial charge on any atom is 0.433 e. The zero-order valence-corrected chi connectivity index (χ0v) is 16.9. The predicted octanol–water partition coefficient (Wildman–Crippen LogP) is 2.39. The molecule has 1 amide bonds. The molecule has 9 nitrogen and oxygen atoms in total. The molecule has 2 heterocycles. The molecule has 0 unspecified atom stereocenters. The summed E-state index contributed by atoms with van der Waals surface area (Å²) in [7, 11) is 0. The van der Waals surface area contributed by atoms with Gasteiger partial charge in [0.15, 0.2) is 0 Å². The van der Waals surface area contributed by atoms with Gasteiger partial charge in [0.25, 0.3) is 0 Å². The smallest absolute Gasteiger partial charge is 0.433 e. The van der Waals surface area contributed by atoms with Gasteiger partial charge in [-0.3, -0.25) is 9.97 Å². The quantitative estimate of drug-likeness (QED) is 0.769. The van der Waals surface area contributed by atoms with Gasteiger partial charge in [-0.25, -0.2) is 4.79 Å². The summed E-state index contributed by atoms with van der Waals surface area (Å²) >= 11 is 0. The van der Waals surface area contributed by atoms with E-state index in [2.05, 4.69) is 37.3 Å². The van der Waals surface area contributed by atoms with Gasteiger partial charge in [0, 0.05) is 42.9 Å². The molecule has 2 N–H and O–H groups in total. The number of aliphatic hydroxyl groups is 1. The lowest BCUT2D eigenvalue weighted by Crippen LogP contribution is -2.36. The highest BCUT2D eigenvalue weighted by Crippen LogP contribution is 2.30. The number of nitrogens with zero attached hydrogens (tertiary/aromatic N) is 4. The number of aromatic nitrogens is 2. The second kappa shape index (κ2) is 9.82. The predicted molar refractivity (Wildman–Crippen MR) is 114 cm³/mol. The number of nitrogens with one attached hydrogen (secondary N) is 1. The first-order chi connectivity index (χ1) is 14.7. The first-order valence-electron chi connectivity index (χ1n) is 10.4. The Hall–Kier alpha value is -2.78. The summed E-state index contributed by atoms with van der Waals surface area (Å²) < 4.78 is 10.3. The number of aliphatic imine (C=N–C) groups is 1. The molecule has 2 aromatic rings. The van der Waals surface area contributed by atoms with Gasteiger partial charge in [0.2, 0.25) is 0 Å². The summed E-state index contributed by atoms with van der Waals surface area (Å²) in [5.41, 5.74) is 4.69. The Kier molecular flexibility index (Phi) is 6.70. The summed E-state index contributed by atoms with van der Waals surface area (Å²) in [6, 6.07) is 4.50. The molecule has 30 heavy (non-hydrogen) atoms. The number of amides is 1. The van der Waals surface area contributed by atoms with Crippen LogP contribution in [0.3, 0.4) is 0 Å². The van der Waals surface area contributed by atoms with E-state index < -0.39 is 6.09 Å². The van der Waals surface area contributed by atoms with Gasteiger partial charge in [0.1, 0.15) is 12.1 Å². The summed E-state index contributed by atoms with van der Waals surface area (Å²) in [6.45, 7) is 2.97. The van der Waals surface area contributed by atoms with Gasteiger partial charge < -0.3 is 24.8 Å². The highest BCUT2D eigenvalue weighted by Gasteiger charge is 2.21. The first-order valence-corrected chi connectivity index (χ1v) is 10.4.